The van der Waals surface area contributed by atoms with Crippen LogP contribution >= 0.6 is 0 Å². The molecule has 0 unspecified atom stereocenters. The molecule has 0 radical (unpaired) electrons. The Kier molecular flexibility index (Phi) is 9.52. The van der Waals surface area contributed by atoms with Crippen molar-refractivity contribution in [3.05, 3.63) is 125 Å². The van der Waals surface area contributed by atoms with E-state index in [9.17, 15) is 14.7 Å². The number of esters is 1. The zero-order valence-electron chi connectivity index (χ0n) is 25.2. The summed E-state index contributed by atoms with van der Waals surface area (Å²) in [5, 5.41) is 11.7. The number of anilines is 1. The van der Waals surface area contributed by atoms with Gasteiger partial charge in [0.2, 0.25) is 5.91 Å². The lowest BCUT2D eigenvalue weighted by atomic mass is 10.00. The van der Waals surface area contributed by atoms with Gasteiger partial charge in [-0.2, -0.15) is 0 Å². The molecule has 0 aliphatic heterocycles. The number of carbonyl (C=O) groups is 2. The molecule has 4 aromatic carbocycles. The number of benzene rings is 4. The highest BCUT2D eigenvalue weighted by molar-refractivity contribution is 6.22. The van der Waals surface area contributed by atoms with E-state index in [4.69, 9.17) is 9.73 Å². The molecule has 5 rings (SSSR count). The van der Waals surface area contributed by atoms with Gasteiger partial charge in [-0.3, -0.25) is 4.79 Å². The quantitative estimate of drug-likeness (QED) is 0.132. The molecule has 0 saturated carbocycles. The first-order chi connectivity index (χ1) is 21.3. The van der Waals surface area contributed by atoms with E-state index in [0.717, 1.165) is 23.2 Å². The van der Waals surface area contributed by atoms with Gasteiger partial charge < -0.3 is 24.6 Å². The predicted octanol–water partition coefficient (Wildman–Crippen LogP) is 6.70. The molecule has 1 amide bonds. The molecular weight excluding hydrogens is 552 g/mol. The lowest BCUT2D eigenvalue weighted by molar-refractivity contribution is -0.118. The average Bonchev–Trinajstić information content (AvgIpc) is 3.38. The molecule has 44 heavy (non-hydrogen) atoms. The topological polar surface area (TPSA) is 98.2 Å². The minimum Gasteiger partial charge on any atom is -0.494 e. The molecule has 0 atom stereocenters. The molecule has 0 spiro atoms. The molecule has 0 bridgehead atoms. The SMILES string of the molecule is CCOC(=O)c1ccc2c(C(=Nc3ccc(N(C)C(=O)CCN(C)Cc4ccccc4)cc3)c3ccccc3)c(O)[nH]c2c1. The van der Waals surface area contributed by atoms with Crippen LogP contribution in [0.3, 0.4) is 0 Å². The summed E-state index contributed by atoms with van der Waals surface area (Å²) in [7, 11) is 3.80. The van der Waals surface area contributed by atoms with Gasteiger partial charge in [-0.05, 0) is 55.9 Å². The van der Waals surface area contributed by atoms with Gasteiger partial charge in [0.1, 0.15) is 0 Å². The number of amides is 1. The van der Waals surface area contributed by atoms with Crippen LogP contribution in [0.5, 0.6) is 5.88 Å². The van der Waals surface area contributed by atoms with Crippen molar-refractivity contribution in [2.24, 2.45) is 4.99 Å². The van der Waals surface area contributed by atoms with E-state index in [0.29, 0.717) is 41.0 Å². The number of nitrogens with zero attached hydrogens (tertiary/aromatic N) is 3. The van der Waals surface area contributed by atoms with Gasteiger partial charge >= 0.3 is 5.97 Å². The molecule has 0 aliphatic rings. The standard InChI is InChI=1S/C36H36N4O4/c1-4-44-36(43)27-15-20-30-31(23-27)38-35(42)33(30)34(26-13-9-6-10-14-26)37-28-16-18-29(19-17-28)40(3)32(41)21-22-39(2)24-25-11-7-5-8-12-25/h5-20,23,38,42H,4,21-22,24H2,1-3H3. The van der Waals surface area contributed by atoms with Crippen LogP contribution in [0.15, 0.2) is 108 Å². The number of aromatic nitrogens is 1. The highest BCUT2D eigenvalue weighted by atomic mass is 16.5. The van der Waals surface area contributed by atoms with Crippen molar-refractivity contribution >= 4 is 39.9 Å². The molecule has 8 nitrogen and oxygen atoms in total. The number of H-pyrrole nitrogens is 1. The van der Waals surface area contributed by atoms with Gasteiger partial charge in [0.15, 0.2) is 5.88 Å². The van der Waals surface area contributed by atoms with E-state index in [1.165, 1.54) is 5.56 Å². The number of aromatic amines is 1. The molecule has 1 aromatic heterocycles. The first-order valence-electron chi connectivity index (χ1n) is 14.6. The predicted molar refractivity (Wildman–Crippen MR) is 175 cm³/mol. The second-order valence-electron chi connectivity index (χ2n) is 10.6. The third-order valence-electron chi connectivity index (χ3n) is 7.43. The van der Waals surface area contributed by atoms with Gasteiger partial charge in [0, 0.05) is 48.7 Å². The van der Waals surface area contributed by atoms with Gasteiger partial charge in [0.05, 0.1) is 29.1 Å². The zero-order valence-corrected chi connectivity index (χ0v) is 25.2. The molecule has 0 fully saturated rings. The molecule has 224 valence electrons. The Morgan fingerprint density at radius 2 is 1.55 bits per heavy atom. The fraction of sp³-hybridized carbons (Fsp3) is 0.194. The number of rotatable bonds is 11. The van der Waals surface area contributed by atoms with Crippen LogP contribution in [-0.4, -0.2) is 59.8 Å². The molecule has 0 saturated heterocycles. The first-order valence-corrected chi connectivity index (χ1v) is 14.6. The van der Waals surface area contributed by atoms with E-state index < -0.39 is 5.97 Å². The molecule has 1 heterocycles. The van der Waals surface area contributed by atoms with Crippen molar-refractivity contribution < 1.29 is 19.4 Å². The van der Waals surface area contributed by atoms with E-state index in [1.807, 2.05) is 79.8 Å². The number of nitrogens with one attached hydrogen (secondary N) is 1. The molecule has 0 aliphatic carbocycles. The fourth-order valence-electron chi connectivity index (χ4n) is 5.08. The number of aliphatic imine (C=N–C) groups is 1. The zero-order chi connectivity index (χ0) is 31.1. The summed E-state index contributed by atoms with van der Waals surface area (Å²) in [5.41, 5.74) is 5.53. The Morgan fingerprint density at radius 3 is 2.23 bits per heavy atom. The van der Waals surface area contributed by atoms with Crippen LogP contribution in [0.25, 0.3) is 10.9 Å². The van der Waals surface area contributed by atoms with Crippen LogP contribution in [0.4, 0.5) is 11.4 Å². The summed E-state index contributed by atoms with van der Waals surface area (Å²) in [4.78, 5) is 37.0. The number of aromatic hydroxyl groups is 1. The Balaban J connectivity index is 1.37. The lowest BCUT2D eigenvalue weighted by Gasteiger charge is -2.21. The second-order valence-corrected chi connectivity index (χ2v) is 10.6. The Hall–Kier alpha value is -5.21. The number of hydrogen-bond acceptors (Lipinski definition) is 6. The summed E-state index contributed by atoms with van der Waals surface area (Å²) in [5.74, 6) is -0.454. The highest BCUT2D eigenvalue weighted by Crippen LogP contribution is 2.32. The summed E-state index contributed by atoms with van der Waals surface area (Å²) in [6, 6.07) is 32.4. The number of carbonyl (C=O) groups excluding carboxylic acids is 2. The normalized spacial score (nSPS) is 11.6. The van der Waals surface area contributed by atoms with Gasteiger partial charge in [-0.25, -0.2) is 9.79 Å². The summed E-state index contributed by atoms with van der Waals surface area (Å²) in [6.07, 6.45) is 0.398. The fourth-order valence-corrected chi connectivity index (χ4v) is 5.08. The maximum Gasteiger partial charge on any atom is 0.338 e. The van der Waals surface area contributed by atoms with E-state index in [1.54, 1.807) is 37.1 Å². The van der Waals surface area contributed by atoms with Gasteiger partial charge in [0.25, 0.3) is 0 Å². The highest BCUT2D eigenvalue weighted by Gasteiger charge is 2.20. The Bertz CT molecular complexity index is 1760. The van der Waals surface area contributed by atoms with Crippen molar-refractivity contribution in [1.29, 1.82) is 0 Å². The van der Waals surface area contributed by atoms with E-state index in [-0.39, 0.29) is 18.4 Å². The monoisotopic (exact) mass is 588 g/mol. The smallest absolute Gasteiger partial charge is 0.338 e. The van der Waals surface area contributed by atoms with Crippen LogP contribution in [-0.2, 0) is 16.1 Å². The molecule has 2 N–H and O–H groups in total. The van der Waals surface area contributed by atoms with E-state index in [2.05, 4.69) is 22.0 Å². The van der Waals surface area contributed by atoms with Crippen molar-refractivity contribution in [3.8, 4) is 5.88 Å². The minimum absolute atomic E-state index is 0.0250. The first kappa shape index (κ1) is 30.3. The average molecular weight is 589 g/mol. The third-order valence-corrected chi connectivity index (χ3v) is 7.43. The van der Waals surface area contributed by atoms with Crippen molar-refractivity contribution in [2.45, 2.75) is 19.9 Å². The van der Waals surface area contributed by atoms with Crippen LogP contribution in [0.2, 0.25) is 0 Å². The molecule has 5 aromatic rings. The Labute approximate surface area is 257 Å². The summed E-state index contributed by atoms with van der Waals surface area (Å²) < 4.78 is 5.13. The van der Waals surface area contributed by atoms with Crippen molar-refractivity contribution in [1.82, 2.24) is 9.88 Å². The maximum atomic E-state index is 13.0. The summed E-state index contributed by atoms with van der Waals surface area (Å²) >= 11 is 0. The number of hydrogen-bond donors (Lipinski definition) is 2. The molecular formula is C36H36N4O4. The molecule has 8 heteroatoms. The van der Waals surface area contributed by atoms with E-state index >= 15 is 0 Å². The van der Waals surface area contributed by atoms with Crippen molar-refractivity contribution in [3.63, 3.8) is 0 Å². The Morgan fingerprint density at radius 1 is 0.864 bits per heavy atom. The number of fused-ring (bicyclic) bond motifs is 1. The van der Waals surface area contributed by atoms with Crippen LogP contribution in [0, 0.1) is 0 Å². The van der Waals surface area contributed by atoms with Crippen LogP contribution < -0.4 is 4.90 Å². The lowest BCUT2D eigenvalue weighted by Crippen LogP contribution is -2.30. The third kappa shape index (κ3) is 7.04. The van der Waals surface area contributed by atoms with Gasteiger partial charge in [-0.1, -0.05) is 66.7 Å². The maximum absolute atomic E-state index is 13.0. The van der Waals surface area contributed by atoms with Crippen LogP contribution in [0.1, 0.15) is 40.4 Å². The summed E-state index contributed by atoms with van der Waals surface area (Å²) in [6.45, 7) is 3.47. The number of ether oxygens (including phenoxy) is 1. The second kappa shape index (κ2) is 13.8. The van der Waals surface area contributed by atoms with Crippen molar-refractivity contribution in [2.75, 3.05) is 32.1 Å². The largest absolute Gasteiger partial charge is 0.494 e. The minimum atomic E-state index is -0.426. The van der Waals surface area contributed by atoms with Gasteiger partial charge in [-0.15, -0.1) is 0 Å².